The van der Waals surface area contributed by atoms with Crippen LogP contribution < -0.4 is 5.16 Å². The Morgan fingerprint density at radius 1 is 0.750 bits per heavy atom. The van der Waals surface area contributed by atoms with E-state index in [0.29, 0.717) is 0 Å². The number of hydrogen-bond acceptors (Lipinski definition) is 1. The largest absolute Gasteiger partial charge is 0.412 e. The molecule has 2 nitrogen and oxygen atoms in total. The van der Waals surface area contributed by atoms with Crippen LogP contribution >= 0.6 is 8.19 Å². The first kappa shape index (κ1) is 10.9. The van der Waals surface area contributed by atoms with E-state index < -0.39 is 0 Å². The fraction of sp³-hybridized carbons (Fsp3) is 0. The highest BCUT2D eigenvalue weighted by molar-refractivity contribution is 7.36. The molecule has 0 spiro atoms. The Morgan fingerprint density at radius 3 is 2.06 bits per heavy atom. The third-order valence-corrected chi connectivity index (χ3v) is 3.84. The molecule has 16 heavy (non-hydrogen) atoms. The van der Waals surface area contributed by atoms with E-state index in [9.17, 15) is 4.79 Å². The first-order valence-electron chi connectivity index (χ1n) is 4.86. The first-order chi connectivity index (χ1) is 7.36. The average Bonchev–Trinajstić information content (AvgIpc) is 2.30. The Kier molecular flexibility index (Phi) is 2.78. The van der Waals surface area contributed by atoms with Crippen LogP contribution in [0.15, 0.2) is 53.3 Å². The van der Waals surface area contributed by atoms with Gasteiger partial charge in [-0.05, 0) is 10.8 Å². The molecule has 2 N–H and O–H groups in total. The van der Waals surface area contributed by atoms with Crippen LogP contribution in [0.4, 0.5) is 0 Å². The average molecular weight is 230 g/mol. The van der Waals surface area contributed by atoms with E-state index in [1.54, 1.807) is 0 Å². The SMILES string of the molecule is O.O=c1[pH]c2ccccc2c2ccccc12. The van der Waals surface area contributed by atoms with Crippen molar-refractivity contribution in [1.82, 2.24) is 0 Å². The fourth-order valence-electron chi connectivity index (χ4n) is 1.93. The van der Waals surface area contributed by atoms with Crippen molar-refractivity contribution < 1.29 is 5.48 Å². The van der Waals surface area contributed by atoms with E-state index in [1.165, 1.54) is 10.5 Å². The van der Waals surface area contributed by atoms with Gasteiger partial charge in [0.1, 0.15) is 0 Å². The van der Waals surface area contributed by atoms with Gasteiger partial charge in [0.05, 0.1) is 0 Å². The molecule has 0 saturated carbocycles. The van der Waals surface area contributed by atoms with Gasteiger partial charge in [-0.25, -0.2) is 0 Å². The van der Waals surface area contributed by atoms with Gasteiger partial charge < -0.3 is 5.48 Å². The van der Waals surface area contributed by atoms with E-state index in [-0.39, 0.29) is 18.8 Å². The molecular formula is C13H11O2P. The van der Waals surface area contributed by atoms with E-state index in [1.807, 2.05) is 42.5 Å². The molecule has 1 aromatic heterocycles. The van der Waals surface area contributed by atoms with Crippen LogP contribution in [0.1, 0.15) is 0 Å². The molecule has 1 unspecified atom stereocenters. The summed E-state index contributed by atoms with van der Waals surface area (Å²) in [5.74, 6) is 0. The molecule has 1 heterocycles. The second-order valence-corrected chi connectivity index (χ2v) is 4.79. The highest BCUT2D eigenvalue weighted by Crippen LogP contribution is 2.27. The summed E-state index contributed by atoms with van der Waals surface area (Å²) in [6.45, 7) is 0. The molecule has 0 aliphatic carbocycles. The minimum Gasteiger partial charge on any atom is -0.412 e. The van der Waals surface area contributed by atoms with E-state index in [0.717, 1.165) is 10.8 Å². The van der Waals surface area contributed by atoms with Gasteiger partial charge in [0.15, 0.2) is 0 Å². The zero-order valence-corrected chi connectivity index (χ0v) is 9.53. The van der Waals surface area contributed by atoms with Crippen LogP contribution in [-0.2, 0) is 0 Å². The molecule has 0 aliphatic rings. The molecule has 0 aliphatic heterocycles. The molecule has 0 fully saturated rings. The van der Waals surface area contributed by atoms with Gasteiger partial charge in [0.2, 0.25) is 5.16 Å². The Bertz CT molecular complexity index is 701. The third kappa shape index (κ3) is 1.53. The zero-order chi connectivity index (χ0) is 10.3. The predicted octanol–water partition coefficient (Wildman–Crippen LogP) is 2.56. The topological polar surface area (TPSA) is 48.6 Å². The standard InChI is InChI=1S/C13H9OP.H2O/c14-13-11-7-2-1-5-9(11)10-6-3-4-8-12(10)15-13;/h1-8,15H;1H2. The number of fused-ring (bicyclic) bond motifs is 3. The lowest BCUT2D eigenvalue weighted by molar-refractivity contribution is 0.824. The summed E-state index contributed by atoms with van der Waals surface area (Å²) in [6.07, 6.45) is 0. The molecular weight excluding hydrogens is 219 g/mol. The molecule has 3 heteroatoms. The maximum Gasteiger partial charge on any atom is 0.201 e. The van der Waals surface area contributed by atoms with Crippen LogP contribution in [-0.4, -0.2) is 5.48 Å². The second kappa shape index (κ2) is 4.09. The van der Waals surface area contributed by atoms with Crippen LogP contribution in [0.3, 0.4) is 0 Å². The summed E-state index contributed by atoms with van der Waals surface area (Å²) in [6, 6.07) is 16.0. The summed E-state index contributed by atoms with van der Waals surface area (Å²) in [5, 5.41) is 4.59. The summed E-state index contributed by atoms with van der Waals surface area (Å²) in [7, 11) is 0.275. The van der Waals surface area contributed by atoms with Gasteiger partial charge in [-0.15, -0.1) is 0 Å². The van der Waals surface area contributed by atoms with Crippen molar-refractivity contribution >= 4 is 29.5 Å². The Balaban J connectivity index is 0.000000963. The molecule has 3 aromatic rings. The summed E-state index contributed by atoms with van der Waals surface area (Å²) in [4.78, 5) is 11.9. The van der Waals surface area contributed by atoms with Crippen LogP contribution in [0.25, 0.3) is 21.3 Å². The highest BCUT2D eigenvalue weighted by Gasteiger charge is 2.02. The predicted molar refractivity (Wildman–Crippen MR) is 70.8 cm³/mol. The van der Waals surface area contributed by atoms with Crippen molar-refractivity contribution in [3.8, 4) is 0 Å². The van der Waals surface area contributed by atoms with Gasteiger partial charge in [0, 0.05) is 10.5 Å². The minimum atomic E-state index is 0. The van der Waals surface area contributed by atoms with Gasteiger partial charge in [-0.2, -0.15) is 0 Å². The van der Waals surface area contributed by atoms with Crippen molar-refractivity contribution in [2.75, 3.05) is 0 Å². The van der Waals surface area contributed by atoms with Crippen molar-refractivity contribution in [3.63, 3.8) is 0 Å². The normalized spacial score (nSPS) is 10.8. The maximum absolute atomic E-state index is 11.9. The number of hydrogen-bond donors (Lipinski definition) is 0. The molecule has 0 amide bonds. The van der Waals surface area contributed by atoms with Crippen LogP contribution in [0.2, 0.25) is 0 Å². The third-order valence-electron chi connectivity index (χ3n) is 2.64. The molecule has 0 saturated heterocycles. The minimum absolute atomic E-state index is 0. The number of benzene rings is 2. The lowest BCUT2D eigenvalue weighted by atomic mass is 10.1. The molecule has 3 rings (SSSR count). The Labute approximate surface area is 93.9 Å². The number of rotatable bonds is 0. The Hall–Kier alpha value is -1.63. The fourth-order valence-corrected chi connectivity index (χ4v) is 3.06. The summed E-state index contributed by atoms with van der Waals surface area (Å²) in [5.41, 5.74) is 0. The molecule has 80 valence electrons. The van der Waals surface area contributed by atoms with E-state index in [2.05, 4.69) is 6.07 Å². The zero-order valence-electron chi connectivity index (χ0n) is 8.53. The van der Waals surface area contributed by atoms with E-state index >= 15 is 0 Å². The van der Waals surface area contributed by atoms with Crippen LogP contribution in [0.5, 0.6) is 0 Å². The molecule has 0 bridgehead atoms. The summed E-state index contributed by atoms with van der Waals surface area (Å²) >= 11 is 0. The van der Waals surface area contributed by atoms with Gasteiger partial charge in [-0.3, -0.25) is 4.79 Å². The van der Waals surface area contributed by atoms with Crippen molar-refractivity contribution in [3.05, 3.63) is 58.5 Å². The lowest BCUT2D eigenvalue weighted by Crippen LogP contribution is -1.93. The highest BCUT2D eigenvalue weighted by atomic mass is 31.0. The van der Waals surface area contributed by atoms with Gasteiger partial charge in [0.25, 0.3) is 0 Å². The van der Waals surface area contributed by atoms with Crippen LogP contribution in [0, 0.1) is 0 Å². The van der Waals surface area contributed by atoms with Crippen molar-refractivity contribution in [2.24, 2.45) is 0 Å². The molecule has 1 atom stereocenters. The smallest absolute Gasteiger partial charge is 0.201 e. The lowest BCUT2D eigenvalue weighted by Gasteiger charge is -2.01. The second-order valence-electron chi connectivity index (χ2n) is 3.55. The van der Waals surface area contributed by atoms with Crippen molar-refractivity contribution in [1.29, 1.82) is 0 Å². The van der Waals surface area contributed by atoms with E-state index in [4.69, 9.17) is 0 Å². The summed E-state index contributed by atoms with van der Waals surface area (Å²) < 4.78 is 0. The monoisotopic (exact) mass is 230 g/mol. The molecule has 0 radical (unpaired) electrons. The van der Waals surface area contributed by atoms with Gasteiger partial charge >= 0.3 is 0 Å². The maximum atomic E-state index is 11.9. The quantitative estimate of drug-likeness (QED) is 0.547. The van der Waals surface area contributed by atoms with Crippen molar-refractivity contribution in [2.45, 2.75) is 0 Å². The first-order valence-corrected chi connectivity index (χ1v) is 5.86. The molecule has 2 aromatic carbocycles. The Morgan fingerprint density at radius 2 is 1.31 bits per heavy atom. The van der Waals surface area contributed by atoms with Gasteiger partial charge in [-0.1, -0.05) is 56.7 Å².